The molecule has 0 bridgehead atoms. The lowest BCUT2D eigenvalue weighted by Gasteiger charge is -2.42. The molecule has 1 amide bonds. The Morgan fingerprint density at radius 3 is 2.68 bits per heavy atom. The molecule has 1 fully saturated rings. The first-order valence-corrected chi connectivity index (χ1v) is 6.74. The minimum absolute atomic E-state index is 0.0632. The number of aryl methyl sites for hydroxylation is 1. The summed E-state index contributed by atoms with van der Waals surface area (Å²) < 4.78 is 13.7. The smallest absolute Gasteiger partial charge is 0.223 e. The molecule has 1 aliphatic heterocycles. The van der Waals surface area contributed by atoms with Crippen LogP contribution in [-0.4, -0.2) is 22.9 Å². The van der Waals surface area contributed by atoms with Gasteiger partial charge in [-0.05, 0) is 44.4 Å². The molecular weight excluding hydrogens is 243 g/mol. The number of halogens is 1. The summed E-state index contributed by atoms with van der Waals surface area (Å²) in [5, 5.41) is 0. The van der Waals surface area contributed by atoms with Gasteiger partial charge in [-0.25, -0.2) is 4.39 Å². The molecule has 1 aromatic carbocycles. The van der Waals surface area contributed by atoms with Gasteiger partial charge in [0.1, 0.15) is 5.82 Å². The Morgan fingerprint density at radius 1 is 1.42 bits per heavy atom. The van der Waals surface area contributed by atoms with Gasteiger partial charge < -0.3 is 10.6 Å². The zero-order chi connectivity index (χ0) is 14.2. The highest BCUT2D eigenvalue weighted by Gasteiger charge is 2.36. The molecule has 2 unspecified atom stereocenters. The van der Waals surface area contributed by atoms with E-state index >= 15 is 0 Å². The Labute approximate surface area is 113 Å². The number of likely N-dealkylation sites (tertiary alicyclic amines) is 1. The van der Waals surface area contributed by atoms with Crippen molar-refractivity contribution in [3.63, 3.8) is 0 Å². The monoisotopic (exact) mass is 264 g/mol. The lowest BCUT2D eigenvalue weighted by atomic mass is 9.89. The minimum atomic E-state index is -0.244. The second kappa shape index (κ2) is 5.29. The van der Waals surface area contributed by atoms with Crippen molar-refractivity contribution in [2.45, 2.75) is 51.7 Å². The van der Waals surface area contributed by atoms with E-state index in [4.69, 9.17) is 5.73 Å². The van der Waals surface area contributed by atoms with Crippen molar-refractivity contribution in [1.29, 1.82) is 0 Å². The molecule has 2 rings (SSSR count). The van der Waals surface area contributed by atoms with Crippen LogP contribution < -0.4 is 5.73 Å². The third kappa shape index (κ3) is 2.63. The maximum Gasteiger partial charge on any atom is 0.223 e. The second-order valence-corrected chi connectivity index (χ2v) is 5.55. The minimum Gasteiger partial charge on any atom is -0.332 e. The average molecular weight is 264 g/mol. The number of hydrogen-bond donors (Lipinski definition) is 1. The van der Waals surface area contributed by atoms with Crippen LogP contribution in [0.1, 0.15) is 43.9 Å². The maximum absolute atomic E-state index is 13.7. The van der Waals surface area contributed by atoms with Crippen molar-refractivity contribution < 1.29 is 9.18 Å². The van der Waals surface area contributed by atoms with Gasteiger partial charge in [0.25, 0.3) is 0 Å². The Morgan fingerprint density at radius 2 is 2.11 bits per heavy atom. The van der Waals surface area contributed by atoms with Crippen LogP contribution in [0.5, 0.6) is 0 Å². The normalized spacial score (nSPS) is 24.1. The van der Waals surface area contributed by atoms with E-state index < -0.39 is 0 Å². The maximum atomic E-state index is 13.7. The van der Waals surface area contributed by atoms with Gasteiger partial charge in [0.15, 0.2) is 0 Å². The van der Waals surface area contributed by atoms with Crippen LogP contribution in [0.15, 0.2) is 18.2 Å². The Hall–Kier alpha value is -1.42. The molecule has 0 spiro atoms. The third-order valence-electron chi connectivity index (χ3n) is 3.78. The van der Waals surface area contributed by atoms with Crippen molar-refractivity contribution in [3.8, 4) is 0 Å². The molecule has 4 heteroatoms. The SMILES string of the molecule is Cc1ccc(C2C(N)CCC(=O)N2C(C)C)cc1F. The highest BCUT2D eigenvalue weighted by molar-refractivity contribution is 5.78. The topological polar surface area (TPSA) is 46.3 Å². The molecule has 0 radical (unpaired) electrons. The summed E-state index contributed by atoms with van der Waals surface area (Å²) in [6, 6.07) is 4.83. The van der Waals surface area contributed by atoms with Gasteiger partial charge in [0.05, 0.1) is 6.04 Å². The first kappa shape index (κ1) is 14.0. The van der Waals surface area contributed by atoms with Crippen molar-refractivity contribution in [1.82, 2.24) is 4.90 Å². The summed E-state index contributed by atoms with van der Waals surface area (Å²) in [6.45, 7) is 5.66. The van der Waals surface area contributed by atoms with Crippen LogP contribution in [0, 0.1) is 12.7 Å². The third-order valence-corrected chi connectivity index (χ3v) is 3.78. The average Bonchev–Trinajstić information content (AvgIpc) is 2.35. The number of hydrogen-bond acceptors (Lipinski definition) is 2. The molecule has 0 aromatic heterocycles. The van der Waals surface area contributed by atoms with Gasteiger partial charge in [0.2, 0.25) is 5.91 Å². The molecule has 1 heterocycles. The van der Waals surface area contributed by atoms with Gasteiger partial charge in [-0.3, -0.25) is 4.79 Å². The molecule has 3 nitrogen and oxygen atoms in total. The summed E-state index contributed by atoms with van der Waals surface area (Å²) in [5.74, 6) is -0.144. The summed E-state index contributed by atoms with van der Waals surface area (Å²) in [4.78, 5) is 13.9. The number of benzene rings is 1. The van der Waals surface area contributed by atoms with Crippen LogP contribution >= 0.6 is 0 Å². The molecular formula is C15H21FN2O. The van der Waals surface area contributed by atoms with Crippen molar-refractivity contribution in [2.75, 3.05) is 0 Å². The summed E-state index contributed by atoms with van der Waals surface area (Å²) >= 11 is 0. The molecule has 1 aromatic rings. The van der Waals surface area contributed by atoms with Crippen LogP contribution in [0.3, 0.4) is 0 Å². The zero-order valence-corrected chi connectivity index (χ0v) is 11.7. The van der Waals surface area contributed by atoms with Gasteiger partial charge in [0, 0.05) is 18.5 Å². The molecule has 19 heavy (non-hydrogen) atoms. The van der Waals surface area contributed by atoms with Gasteiger partial charge in [-0.1, -0.05) is 12.1 Å². The number of amides is 1. The zero-order valence-electron chi connectivity index (χ0n) is 11.7. The van der Waals surface area contributed by atoms with Crippen LogP contribution in [-0.2, 0) is 4.79 Å². The first-order valence-electron chi connectivity index (χ1n) is 6.74. The number of carbonyl (C=O) groups excluding carboxylic acids is 1. The van der Waals surface area contributed by atoms with E-state index in [1.54, 1.807) is 17.9 Å². The predicted octanol–water partition coefficient (Wildman–Crippen LogP) is 2.53. The highest BCUT2D eigenvalue weighted by atomic mass is 19.1. The number of nitrogens with two attached hydrogens (primary N) is 1. The number of piperidine rings is 1. The first-order chi connectivity index (χ1) is 8.91. The quantitative estimate of drug-likeness (QED) is 0.892. The molecule has 2 atom stereocenters. The van der Waals surface area contributed by atoms with E-state index in [2.05, 4.69) is 0 Å². The molecule has 1 saturated heterocycles. The van der Waals surface area contributed by atoms with Crippen LogP contribution in [0.4, 0.5) is 4.39 Å². The summed E-state index contributed by atoms with van der Waals surface area (Å²) in [6.07, 6.45) is 1.13. The fourth-order valence-corrected chi connectivity index (χ4v) is 2.75. The fraction of sp³-hybridized carbons (Fsp3) is 0.533. The van der Waals surface area contributed by atoms with E-state index in [1.807, 2.05) is 19.9 Å². The van der Waals surface area contributed by atoms with Gasteiger partial charge in [-0.2, -0.15) is 0 Å². The summed E-state index contributed by atoms with van der Waals surface area (Å²) in [5.41, 5.74) is 7.57. The van der Waals surface area contributed by atoms with E-state index in [9.17, 15) is 9.18 Å². The van der Waals surface area contributed by atoms with Crippen LogP contribution in [0.2, 0.25) is 0 Å². The van der Waals surface area contributed by atoms with E-state index in [0.717, 1.165) is 5.56 Å². The lowest BCUT2D eigenvalue weighted by molar-refractivity contribution is -0.139. The molecule has 104 valence electrons. The standard InChI is InChI=1S/C15H21FN2O/c1-9(2)18-14(19)7-6-13(17)15(18)11-5-4-10(3)12(16)8-11/h4-5,8-9,13,15H,6-7,17H2,1-3H3. The van der Waals surface area contributed by atoms with Crippen molar-refractivity contribution in [2.24, 2.45) is 5.73 Å². The van der Waals surface area contributed by atoms with Gasteiger partial charge >= 0.3 is 0 Å². The Bertz CT molecular complexity index is 487. The second-order valence-electron chi connectivity index (χ2n) is 5.55. The highest BCUT2D eigenvalue weighted by Crippen LogP contribution is 2.33. The van der Waals surface area contributed by atoms with Crippen molar-refractivity contribution >= 4 is 5.91 Å². The van der Waals surface area contributed by atoms with Crippen molar-refractivity contribution in [3.05, 3.63) is 35.1 Å². The summed E-state index contributed by atoms with van der Waals surface area (Å²) in [7, 11) is 0. The Balaban J connectivity index is 2.42. The molecule has 2 N–H and O–H groups in total. The van der Waals surface area contributed by atoms with Crippen LogP contribution in [0.25, 0.3) is 0 Å². The van der Waals surface area contributed by atoms with Gasteiger partial charge in [-0.15, -0.1) is 0 Å². The van der Waals surface area contributed by atoms with E-state index in [0.29, 0.717) is 18.4 Å². The largest absolute Gasteiger partial charge is 0.332 e. The van der Waals surface area contributed by atoms with E-state index in [1.165, 1.54) is 6.07 Å². The number of carbonyl (C=O) groups is 1. The molecule has 0 aliphatic carbocycles. The lowest BCUT2D eigenvalue weighted by Crippen LogP contribution is -2.51. The molecule has 0 saturated carbocycles. The van der Waals surface area contributed by atoms with E-state index in [-0.39, 0.29) is 29.8 Å². The Kier molecular flexibility index (Phi) is 3.90. The molecule has 1 aliphatic rings. The number of rotatable bonds is 2. The predicted molar refractivity (Wildman–Crippen MR) is 73.1 cm³/mol. The number of nitrogens with zero attached hydrogens (tertiary/aromatic N) is 1. The fourth-order valence-electron chi connectivity index (χ4n) is 2.75.